The minimum absolute atomic E-state index is 0.0961. The van der Waals surface area contributed by atoms with Crippen LogP contribution in [0.5, 0.6) is 11.6 Å². The van der Waals surface area contributed by atoms with Gasteiger partial charge in [-0.05, 0) is 49.1 Å². The predicted molar refractivity (Wildman–Crippen MR) is 121 cm³/mol. The molecule has 1 aromatic heterocycles. The highest BCUT2D eigenvalue weighted by molar-refractivity contribution is 5.59. The average Bonchev–Trinajstić information content (AvgIpc) is 3.18. The number of nitriles is 1. The Hall–Kier alpha value is -3.92. The maximum atomic E-state index is 9.86. The van der Waals surface area contributed by atoms with E-state index >= 15 is 0 Å². The Morgan fingerprint density at radius 2 is 2.16 bits per heavy atom. The lowest BCUT2D eigenvalue weighted by atomic mass is 9.83. The minimum Gasteiger partial charge on any atom is -0.496 e. The molecule has 3 heterocycles. The van der Waals surface area contributed by atoms with Crippen LogP contribution in [0.3, 0.4) is 0 Å². The van der Waals surface area contributed by atoms with Gasteiger partial charge in [-0.15, -0.1) is 5.10 Å². The lowest BCUT2D eigenvalue weighted by Gasteiger charge is -2.32. The van der Waals surface area contributed by atoms with Gasteiger partial charge >= 0.3 is 0 Å². The van der Waals surface area contributed by atoms with Crippen LogP contribution in [0.25, 0.3) is 0 Å². The Bertz CT molecular complexity index is 1250. The number of benzene rings is 2. The third-order valence-electron chi connectivity index (χ3n) is 6.33. The predicted octanol–water partition coefficient (Wildman–Crippen LogP) is 3.90. The molecule has 0 spiro atoms. The second-order valence-electron chi connectivity index (χ2n) is 8.22. The summed E-state index contributed by atoms with van der Waals surface area (Å²) in [7, 11) is 1.69. The van der Waals surface area contributed by atoms with Crippen molar-refractivity contribution in [1.29, 1.82) is 5.26 Å². The number of methoxy groups -OCH3 is 1. The Morgan fingerprint density at radius 1 is 1.31 bits per heavy atom. The van der Waals surface area contributed by atoms with E-state index in [9.17, 15) is 5.26 Å². The van der Waals surface area contributed by atoms with Crippen molar-refractivity contribution in [1.82, 2.24) is 10.2 Å². The zero-order chi connectivity index (χ0) is 22.2. The number of aromatic amines is 1. The molecule has 0 aliphatic carbocycles. The molecule has 1 unspecified atom stereocenters. The van der Waals surface area contributed by atoms with Gasteiger partial charge in [-0.3, -0.25) is 5.10 Å². The van der Waals surface area contributed by atoms with Crippen molar-refractivity contribution >= 4 is 5.69 Å². The van der Waals surface area contributed by atoms with Crippen molar-refractivity contribution in [2.75, 3.05) is 18.6 Å². The highest BCUT2D eigenvalue weighted by atomic mass is 16.5. The molecule has 0 amide bonds. The van der Waals surface area contributed by atoms with Crippen molar-refractivity contribution in [2.45, 2.75) is 32.2 Å². The van der Waals surface area contributed by atoms with Gasteiger partial charge in [0, 0.05) is 35.6 Å². The minimum atomic E-state index is -0.346. The molecule has 7 nitrogen and oxygen atoms in total. The molecule has 0 bridgehead atoms. The quantitative estimate of drug-likeness (QED) is 0.655. The number of nitrogens with one attached hydrogen (secondary N) is 1. The van der Waals surface area contributed by atoms with Crippen molar-refractivity contribution in [3.63, 3.8) is 0 Å². The Balaban J connectivity index is 1.58. The fourth-order valence-electron chi connectivity index (χ4n) is 4.82. The molecular formula is C25H25N5O2. The first-order chi connectivity index (χ1) is 15.6. The highest BCUT2D eigenvalue weighted by Gasteiger charge is 2.34. The second kappa shape index (κ2) is 7.97. The lowest BCUT2D eigenvalue weighted by molar-refractivity contribution is 0.378. The van der Waals surface area contributed by atoms with Crippen LogP contribution in [-0.4, -0.2) is 23.9 Å². The lowest BCUT2D eigenvalue weighted by Crippen LogP contribution is -2.29. The molecule has 162 valence electrons. The Kier molecular flexibility index (Phi) is 4.98. The highest BCUT2D eigenvalue weighted by Crippen LogP contribution is 2.43. The number of aryl methyl sites for hydroxylation is 2. The number of allylic oxidation sites excluding steroid dienone is 1. The molecule has 32 heavy (non-hydrogen) atoms. The molecule has 2 aliphatic heterocycles. The largest absolute Gasteiger partial charge is 0.496 e. The van der Waals surface area contributed by atoms with Crippen LogP contribution in [0.4, 0.5) is 5.69 Å². The second-order valence-corrected chi connectivity index (χ2v) is 8.22. The summed E-state index contributed by atoms with van der Waals surface area (Å²) in [6.45, 7) is 3.63. The van der Waals surface area contributed by atoms with Crippen LogP contribution in [0, 0.1) is 18.3 Å². The number of anilines is 1. The van der Waals surface area contributed by atoms with Gasteiger partial charge in [0.2, 0.25) is 11.8 Å². The Labute approximate surface area is 187 Å². The van der Waals surface area contributed by atoms with E-state index in [0.29, 0.717) is 11.5 Å². The zero-order valence-electron chi connectivity index (χ0n) is 18.2. The molecule has 0 radical (unpaired) electrons. The number of fused-ring (bicyclic) bond motifs is 2. The molecule has 2 aromatic carbocycles. The molecular weight excluding hydrogens is 402 g/mol. The summed E-state index contributed by atoms with van der Waals surface area (Å²) in [5.41, 5.74) is 12.8. The number of aromatic nitrogens is 2. The zero-order valence-corrected chi connectivity index (χ0v) is 18.2. The summed E-state index contributed by atoms with van der Waals surface area (Å²) in [6, 6.07) is 16.9. The number of nitrogens with two attached hydrogens (primary N) is 1. The number of nitrogens with zero attached hydrogens (tertiary/aromatic N) is 3. The van der Waals surface area contributed by atoms with E-state index in [1.807, 2.05) is 19.1 Å². The smallest absolute Gasteiger partial charge is 0.244 e. The SMILES string of the molecule is COc1ccc(C2C(C#N)=C(N)Oc3n[nH]c(C)c32)cc1CN1CCCc2ccccc21. The third kappa shape index (κ3) is 3.25. The summed E-state index contributed by atoms with van der Waals surface area (Å²) in [5, 5.41) is 17.0. The van der Waals surface area contributed by atoms with E-state index < -0.39 is 0 Å². The molecule has 3 N–H and O–H groups in total. The van der Waals surface area contributed by atoms with Crippen LogP contribution >= 0.6 is 0 Å². The number of rotatable bonds is 4. The van der Waals surface area contributed by atoms with Crippen LogP contribution < -0.4 is 20.1 Å². The van der Waals surface area contributed by atoms with Gasteiger partial charge in [0.1, 0.15) is 17.4 Å². The van der Waals surface area contributed by atoms with E-state index in [1.54, 1.807) is 7.11 Å². The van der Waals surface area contributed by atoms with Gasteiger partial charge in [-0.1, -0.05) is 24.3 Å². The molecule has 0 fully saturated rings. The van der Waals surface area contributed by atoms with E-state index in [1.165, 1.54) is 11.3 Å². The first-order valence-electron chi connectivity index (χ1n) is 10.7. The monoisotopic (exact) mass is 427 g/mol. The normalized spacial score (nSPS) is 17.3. The third-order valence-corrected chi connectivity index (χ3v) is 6.33. The number of ether oxygens (including phenoxy) is 2. The Morgan fingerprint density at radius 3 is 2.97 bits per heavy atom. The maximum Gasteiger partial charge on any atom is 0.244 e. The van der Waals surface area contributed by atoms with Gasteiger partial charge in [0.05, 0.1) is 13.0 Å². The van der Waals surface area contributed by atoms with E-state index in [4.69, 9.17) is 15.2 Å². The summed E-state index contributed by atoms with van der Waals surface area (Å²) in [6.07, 6.45) is 2.22. The van der Waals surface area contributed by atoms with Gasteiger partial charge in [0.25, 0.3) is 0 Å². The van der Waals surface area contributed by atoms with Crippen molar-refractivity contribution in [2.24, 2.45) is 5.73 Å². The summed E-state index contributed by atoms with van der Waals surface area (Å²) >= 11 is 0. The number of hydrogen-bond donors (Lipinski definition) is 2. The van der Waals surface area contributed by atoms with Gasteiger partial charge in [-0.25, -0.2) is 0 Å². The number of hydrogen-bond acceptors (Lipinski definition) is 6. The fraction of sp³-hybridized carbons (Fsp3) is 0.280. The van der Waals surface area contributed by atoms with Crippen LogP contribution in [0.2, 0.25) is 0 Å². The van der Waals surface area contributed by atoms with Crippen LogP contribution in [0.1, 0.15) is 40.3 Å². The molecule has 1 atom stereocenters. The molecule has 7 heteroatoms. The van der Waals surface area contributed by atoms with Crippen molar-refractivity contribution < 1.29 is 9.47 Å². The van der Waals surface area contributed by atoms with Gasteiger partial charge in [0.15, 0.2) is 0 Å². The number of H-pyrrole nitrogens is 1. The van der Waals surface area contributed by atoms with Crippen molar-refractivity contribution in [3.05, 3.63) is 81.9 Å². The van der Waals surface area contributed by atoms with Crippen LogP contribution in [0.15, 0.2) is 53.9 Å². The van der Waals surface area contributed by atoms with Gasteiger partial charge in [-0.2, -0.15) is 5.26 Å². The first kappa shape index (κ1) is 20.0. The molecule has 0 saturated heterocycles. The molecule has 3 aromatic rings. The first-order valence-corrected chi connectivity index (χ1v) is 10.7. The topological polar surface area (TPSA) is 100 Å². The number of para-hydroxylation sites is 1. The molecule has 5 rings (SSSR count). The fourth-order valence-corrected chi connectivity index (χ4v) is 4.82. The van der Waals surface area contributed by atoms with E-state index in [-0.39, 0.29) is 11.8 Å². The van der Waals surface area contributed by atoms with E-state index in [2.05, 4.69) is 51.5 Å². The summed E-state index contributed by atoms with van der Waals surface area (Å²) in [5.74, 6) is 0.995. The van der Waals surface area contributed by atoms with Crippen molar-refractivity contribution in [3.8, 4) is 17.7 Å². The van der Waals surface area contributed by atoms with E-state index in [0.717, 1.165) is 54.1 Å². The maximum absolute atomic E-state index is 9.86. The van der Waals surface area contributed by atoms with Crippen LogP contribution in [-0.2, 0) is 13.0 Å². The molecule has 0 saturated carbocycles. The average molecular weight is 428 g/mol. The molecule has 2 aliphatic rings. The summed E-state index contributed by atoms with van der Waals surface area (Å²) in [4.78, 5) is 2.40. The standard InChI is InChI=1S/C25H25N5O2/c1-15-22-23(19(13-26)24(27)32-25(22)29-28-15)17-9-10-21(31-2)18(12-17)14-30-11-5-7-16-6-3-4-8-20(16)30/h3-4,6,8-10,12,23H,5,7,11,14,27H2,1-2H3,(H,28,29). The summed E-state index contributed by atoms with van der Waals surface area (Å²) < 4.78 is 11.3. The van der Waals surface area contributed by atoms with Gasteiger partial charge < -0.3 is 20.1 Å².